The molecule has 3 rings (SSSR count). The van der Waals surface area contributed by atoms with Crippen molar-refractivity contribution in [2.24, 2.45) is 5.92 Å². The summed E-state index contributed by atoms with van der Waals surface area (Å²) >= 11 is 1.76. The lowest BCUT2D eigenvalue weighted by Gasteiger charge is -2.02. The molecule has 0 aliphatic carbocycles. The molecular formula is C14H15NOS. The van der Waals surface area contributed by atoms with Crippen LogP contribution in [0.4, 0.5) is 0 Å². The van der Waals surface area contributed by atoms with Crippen molar-refractivity contribution in [1.29, 1.82) is 0 Å². The zero-order valence-corrected chi connectivity index (χ0v) is 10.5. The van der Waals surface area contributed by atoms with Crippen LogP contribution in [0.25, 0.3) is 11.3 Å². The third-order valence-corrected chi connectivity index (χ3v) is 3.98. The SMILES string of the molecule is c1ccc(-c2csc(CC3CCOC3)n2)cc1. The number of nitrogens with zero attached hydrogens (tertiary/aromatic N) is 1. The summed E-state index contributed by atoms with van der Waals surface area (Å²) in [7, 11) is 0. The highest BCUT2D eigenvalue weighted by molar-refractivity contribution is 7.09. The Kier molecular flexibility index (Phi) is 3.20. The highest BCUT2D eigenvalue weighted by Crippen LogP contribution is 2.25. The van der Waals surface area contributed by atoms with Crippen molar-refractivity contribution in [3.63, 3.8) is 0 Å². The van der Waals surface area contributed by atoms with Crippen LogP contribution in [0.2, 0.25) is 0 Å². The third kappa shape index (κ3) is 2.56. The van der Waals surface area contributed by atoms with Gasteiger partial charge in [0, 0.05) is 30.6 Å². The Labute approximate surface area is 105 Å². The highest BCUT2D eigenvalue weighted by Gasteiger charge is 2.17. The zero-order chi connectivity index (χ0) is 11.5. The van der Waals surface area contributed by atoms with E-state index in [1.807, 2.05) is 6.07 Å². The molecule has 1 aromatic carbocycles. The van der Waals surface area contributed by atoms with Crippen molar-refractivity contribution >= 4 is 11.3 Å². The van der Waals surface area contributed by atoms with Gasteiger partial charge < -0.3 is 4.74 Å². The van der Waals surface area contributed by atoms with Gasteiger partial charge in [-0.2, -0.15) is 0 Å². The largest absolute Gasteiger partial charge is 0.381 e. The first-order chi connectivity index (χ1) is 8.42. The molecule has 3 heteroatoms. The number of benzene rings is 1. The van der Waals surface area contributed by atoms with Gasteiger partial charge in [-0.05, 0) is 12.3 Å². The second kappa shape index (κ2) is 4.98. The van der Waals surface area contributed by atoms with Crippen LogP contribution in [0.3, 0.4) is 0 Å². The van der Waals surface area contributed by atoms with E-state index < -0.39 is 0 Å². The van der Waals surface area contributed by atoms with Crippen molar-refractivity contribution in [2.45, 2.75) is 12.8 Å². The predicted molar refractivity (Wildman–Crippen MR) is 70.2 cm³/mol. The minimum Gasteiger partial charge on any atom is -0.381 e. The monoisotopic (exact) mass is 245 g/mol. The van der Waals surface area contributed by atoms with E-state index in [-0.39, 0.29) is 0 Å². The molecule has 88 valence electrons. The highest BCUT2D eigenvalue weighted by atomic mass is 32.1. The van der Waals surface area contributed by atoms with Gasteiger partial charge in [-0.25, -0.2) is 4.98 Å². The minimum atomic E-state index is 0.671. The van der Waals surface area contributed by atoms with Gasteiger partial charge in [0.25, 0.3) is 0 Å². The summed E-state index contributed by atoms with van der Waals surface area (Å²) in [6.07, 6.45) is 2.25. The molecule has 1 saturated heterocycles. The van der Waals surface area contributed by atoms with Crippen LogP contribution >= 0.6 is 11.3 Å². The first-order valence-corrected chi connectivity index (χ1v) is 6.87. The van der Waals surface area contributed by atoms with E-state index in [1.54, 1.807) is 11.3 Å². The number of hydrogen-bond donors (Lipinski definition) is 0. The van der Waals surface area contributed by atoms with Crippen LogP contribution in [0, 0.1) is 5.92 Å². The molecule has 0 N–H and O–H groups in total. The molecule has 1 aromatic heterocycles. The molecule has 17 heavy (non-hydrogen) atoms. The summed E-state index contributed by atoms with van der Waals surface area (Å²) < 4.78 is 5.40. The topological polar surface area (TPSA) is 22.1 Å². The number of ether oxygens (including phenoxy) is 1. The molecule has 1 unspecified atom stereocenters. The Morgan fingerprint density at radius 3 is 2.94 bits per heavy atom. The quantitative estimate of drug-likeness (QED) is 0.827. The molecule has 0 spiro atoms. The molecule has 0 saturated carbocycles. The standard InChI is InChI=1S/C14H15NOS/c1-2-4-12(5-3-1)13-10-17-14(15-13)8-11-6-7-16-9-11/h1-5,10-11H,6-9H2. The van der Waals surface area contributed by atoms with E-state index in [0.29, 0.717) is 5.92 Å². The number of aromatic nitrogens is 1. The molecular weight excluding hydrogens is 230 g/mol. The number of hydrogen-bond acceptors (Lipinski definition) is 3. The Hall–Kier alpha value is -1.19. The van der Waals surface area contributed by atoms with Gasteiger partial charge in [0.2, 0.25) is 0 Å². The van der Waals surface area contributed by atoms with Crippen molar-refractivity contribution in [3.05, 3.63) is 40.7 Å². The van der Waals surface area contributed by atoms with E-state index in [9.17, 15) is 0 Å². The first-order valence-electron chi connectivity index (χ1n) is 5.99. The Balaban J connectivity index is 1.74. The smallest absolute Gasteiger partial charge is 0.0936 e. The van der Waals surface area contributed by atoms with Gasteiger partial charge in [-0.1, -0.05) is 30.3 Å². The minimum absolute atomic E-state index is 0.671. The average molecular weight is 245 g/mol. The first kappa shape index (κ1) is 10.9. The van der Waals surface area contributed by atoms with Crippen molar-refractivity contribution in [1.82, 2.24) is 4.98 Å². The molecule has 0 bridgehead atoms. The Bertz CT molecular complexity index is 474. The summed E-state index contributed by atoms with van der Waals surface area (Å²) in [4.78, 5) is 4.71. The van der Waals surface area contributed by atoms with E-state index in [4.69, 9.17) is 9.72 Å². The third-order valence-electron chi connectivity index (χ3n) is 3.11. The fourth-order valence-electron chi connectivity index (χ4n) is 2.14. The lowest BCUT2D eigenvalue weighted by Crippen LogP contribution is -2.02. The van der Waals surface area contributed by atoms with Crippen LogP contribution in [-0.4, -0.2) is 18.2 Å². The maximum Gasteiger partial charge on any atom is 0.0936 e. The van der Waals surface area contributed by atoms with Crippen molar-refractivity contribution < 1.29 is 4.74 Å². The summed E-state index contributed by atoms with van der Waals surface area (Å²) in [6, 6.07) is 10.4. The molecule has 2 aromatic rings. The lowest BCUT2D eigenvalue weighted by molar-refractivity contribution is 0.186. The Morgan fingerprint density at radius 2 is 2.18 bits per heavy atom. The van der Waals surface area contributed by atoms with Gasteiger partial charge in [-0.15, -0.1) is 11.3 Å². The van der Waals surface area contributed by atoms with Gasteiger partial charge in [0.1, 0.15) is 0 Å². The van der Waals surface area contributed by atoms with Crippen LogP contribution in [0.5, 0.6) is 0 Å². The fourth-order valence-corrected chi connectivity index (χ4v) is 3.06. The summed E-state index contributed by atoms with van der Waals surface area (Å²) in [5.41, 5.74) is 2.31. The summed E-state index contributed by atoms with van der Waals surface area (Å²) in [5.74, 6) is 0.671. The Morgan fingerprint density at radius 1 is 1.29 bits per heavy atom. The van der Waals surface area contributed by atoms with Gasteiger partial charge in [-0.3, -0.25) is 0 Å². The van der Waals surface area contributed by atoms with Crippen molar-refractivity contribution in [3.8, 4) is 11.3 Å². The second-order valence-electron chi connectivity index (χ2n) is 4.43. The molecule has 2 nitrogen and oxygen atoms in total. The maximum absolute atomic E-state index is 5.40. The second-order valence-corrected chi connectivity index (χ2v) is 5.37. The molecule has 2 heterocycles. The normalized spacial score (nSPS) is 19.6. The van der Waals surface area contributed by atoms with Gasteiger partial charge in [0.05, 0.1) is 10.7 Å². The molecule has 1 fully saturated rings. The van der Waals surface area contributed by atoms with Gasteiger partial charge >= 0.3 is 0 Å². The lowest BCUT2D eigenvalue weighted by atomic mass is 10.1. The number of thiazole rings is 1. The van der Waals surface area contributed by atoms with E-state index >= 15 is 0 Å². The molecule has 0 amide bonds. The van der Waals surface area contributed by atoms with E-state index in [0.717, 1.165) is 25.3 Å². The molecule has 1 aliphatic heterocycles. The van der Waals surface area contributed by atoms with E-state index in [1.165, 1.54) is 17.0 Å². The number of rotatable bonds is 3. The van der Waals surface area contributed by atoms with Crippen LogP contribution < -0.4 is 0 Å². The van der Waals surface area contributed by atoms with Crippen molar-refractivity contribution in [2.75, 3.05) is 13.2 Å². The fraction of sp³-hybridized carbons (Fsp3) is 0.357. The zero-order valence-electron chi connectivity index (χ0n) is 9.63. The van der Waals surface area contributed by atoms with Crippen LogP contribution in [0.1, 0.15) is 11.4 Å². The van der Waals surface area contributed by atoms with Crippen LogP contribution in [-0.2, 0) is 11.2 Å². The van der Waals surface area contributed by atoms with Crippen LogP contribution in [0.15, 0.2) is 35.7 Å². The summed E-state index contributed by atoms with van der Waals surface area (Å²) in [5, 5.41) is 3.39. The maximum atomic E-state index is 5.40. The average Bonchev–Trinajstić information content (AvgIpc) is 3.02. The molecule has 0 radical (unpaired) electrons. The molecule has 1 aliphatic rings. The van der Waals surface area contributed by atoms with E-state index in [2.05, 4.69) is 29.6 Å². The van der Waals surface area contributed by atoms with Gasteiger partial charge in [0.15, 0.2) is 0 Å². The molecule has 1 atom stereocenters. The summed E-state index contributed by atoms with van der Waals surface area (Å²) in [6.45, 7) is 1.82. The predicted octanol–water partition coefficient (Wildman–Crippen LogP) is 3.39.